The Morgan fingerprint density at radius 2 is 2.04 bits per heavy atom. The van der Waals surface area contributed by atoms with Gasteiger partial charge in [-0.15, -0.1) is 0 Å². The number of furan rings is 1. The molecule has 130 valence electrons. The Kier molecular flexibility index (Phi) is 5.10. The Morgan fingerprint density at radius 3 is 2.73 bits per heavy atom. The van der Waals surface area contributed by atoms with Crippen molar-refractivity contribution < 1.29 is 14.0 Å². The van der Waals surface area contributed by atoms with Gasteiger partial charge in [0.2, 0.25) is 0 Å². The molecule has 0 aliphatic heterocycles. The van der Waals surface area contributed by atoms with E-state index in [9.17, 15) is 9.59 Å². The van der Waals surface area contributed by atoms with E-state index < -0.39 is 11.8 Å². The summed E-state index contributed by atoms with van der Waals surface area (Å²) in [6.07, 6.45) is 4.88. The third-order valence-electron chi connectivity index (χ3n) is 3.67. The molecule has 3 aromatic rings. The minimum absolute atomic E-state index is 0.112. The molecule has 2 heterocycles. The van der Waals surface area contributed by atoms with Crippen molar-refractivity contribution in [1.82, 2.24) is 15.1 Å². The van der Waals surface area contributed by atoms with E-state index in [-0.39, 0.29) is 23.8 Å². The zero-order chi connectivity index (χ0) is 18.4. The lowest BCUT2D eigenvalue weighted by molar-refractivity contribution is -0.136. The number of para-hydroxylation sites is 1. The summed E-state index contributed by atoms with van der Waals surface area (Å²) in [6.45, 7) is 0.112. The standard InChI is InChI=1S/C18H15N5O3/c19-11-13-5-1-2-6-14(13)22-18(25)17(24)20-12-15(16-7-3-10-26-16)23-9-4-8-21-23/h1-10,15H,12H2,(H,20,24)(H,22,25)/t15-/m0/s1. The van der Waals surface area contributed by atoms with Crippen LogP contribution < -0.4 is 10.6 Å². The first-order valence-corrected chi connectivity index (χ1v) is 7.80. The topological polar surface area (TPSA) is 113 Å². The molecule has 1 atom stereocenters. The van der Waals surface area contributed by atoms with E-state index in [4.69, 9.17) is 9.68 Å². The molecular formula is C18H15N5O3. The van der Waals surface area contributed by atoms with Gasteiger partial charge in [0.05, 0.1) is 17.5 Å². The fraction of sp³-hybridized carbons (Fsp3) is 0.111. The summed E-state index contributed by atoms with van der Waals surface area (Å²) in [5.74, 6) is -1.07. The highest BCUT2D eigenvalue weighted by Gasteiger charge is 2.21. The minimum Gasteiger partial charge on any atom is -0.467 e. The number of nitrogens with one attached hydrogen (secondary N) is 2. The van der Waals surface area contributed by atoms with E-state index in [1.807, 2.05) is 6.07 Å². The van der Waals surface area contributed by atoms with Gasteiger partial charge in [0.15, 0.2) is 0 Å². The molecule has 3 rings (SSSR count). The average molecular weight is 349 g/mol. The molecule has 0 bridgehead atoms. The molecule has 0 fully saturated rings. The van der Waals surface area contributed by atoms with Gasteiger partial charge in [0.25, 0.3) is 0 Å². The highest BCUT2D eigenvalue weighted by Crippen LogP contribution is 2.17. The summed E-state index contributed by atoms with van der Waals surface area (Å²) in [4.78, 5) is 24.2. The predicted molar refractivity (Wildman–Crippen MR) is 91.9 cm³/mol. The van der Waals surface area contributed by atoms with Gasteiger partial charge < -0.3 is 15.1 Å². The zero-order valence-electron chi connectivity index (χ0n) is 13.6. The molecule has 0 aliphatic rings. The summed E-state index contributed by atoms with van der Waals surface area (Å²) in [7, 11) is 0. The van der Waals surface area contributed by atoms with Gasteiger partial charge in [0.1, 0.15) is 17.9 Å². The summed E-state index contributed by atoms with van der Waals surface area (Å²) in [5.41, 5.74) is 0.559. The second kappa shape index (κ2) is 7.81. The van der Waals surface area contributed by atoms with Gasteiger partial charge in [-0.05, 0) is 30.3 Å². The first-order chi connectivity index (χ1) is 12.7. The fourth-order valence-corrected chi connectivity index (χ4v) is 2.41. The van der Waals surface area contributed by atoms with Crippen molar-refractivity contribution >= 4 is 17.5 Å². The number of hydrogen-bond acceptors (Lipinski definition) is 5. The second-order valence-electron chi connectivity index (χ2n) is 5.34. The van der Waals surface area contributed by atoms with E-state index in [1.54, 1.807) is 59.5 Å². The lowest BCUT2D eigenvalue weighted by Gasteiger charge is -2.16. The number of benzene rings is 1. The maximum atomic E-state index is 12.1. The molecule has 0 spiro atoms. The Balaban J connectivity index is 1.65. The molecule has 26 heavy (non-hydrogen) atoms. The zero-order valence-corrected chi connectivity index (χ0v) is 13.6. The van der Waals surface area contributed by atoms with Gasteiger partial charge in [-0.25, -0.2) is 0 Å². The lowest BCUT2D eigenvalue weighted by Crippen LogP contribution is -2.39. The van der Waals surface area contributed by atoms with Crippen molar-refractivity contribution in [2.45, 2.75) is 6.04 Å². The smallest absolute Gasteiger partial charge is 0.313 e. The summed E-state index contributed by atoms with van der Waals surface area (Å²) < 4.78 is 7.02. The van der Waals surface area contributed by atoms with Crippen molar-refractivity contribution in [2.24, 2.45) is 0 Å². The molecule has 0 aliphatic carbocycles. The molecule has 0 saturated carbocycles. The van der Waals surface area contributed by atoms with Crippen LogP contribution in [0.3, 0.4) is 0 Å². The van der Waals surface area contributed by atoms with Crippen molar-refractivity contribution in [3.05, 3.63) is 72.4 Å². The van der Waals surface area contributed by atoms with Crippen molar-refractivity contribution in [2.75, 3.05) is 11.9 Å². The molecular weight excluding hydrogens is 334 g/mol. The Labute approximate surface area is 149 Å². The van der Waals surface area contributed by atoms with Gasteiger partial charge >= 0.3 is 11.8 Å². The largest absolute Gasteiger partial charge is 0.467 e. The van der Waals surface area contributed by atoms with E-state index >= 15 is 0 Å². The first kappa shape index (κ1) is 17.0. The predicted octanol–water partition coefficient (Wildman–Crippen LogP) is 1.69. The molecule has 1 aromatic carbocycles. The Hall–Kier alpha value is -3.86. The van der Waals surface area contributed by atoms with Crippen LogP contribution in [0.4, 0.5) is 5.69 Å². The highest BCUT2D eigenvalue weighted by molar-refractivity contribution is 6.39. The van der Waals surface area contributed by atoms with Crippen LogP contribution in [-0.4, -0.2) is 28.1 Å². The second-order valence-corrected chi connectivity index (χ2v) is 5.34. The summed E-state index contributed by atoms with van der Waals surface area (Å²) >= 11 is 0. The third kappa shape index (κ3) is 3.79. The number of carbonyl (C=O) groups is 2. The number of nitrogens with zero attached hydrogens (tertiary/aromatic N) is 3. The van der Waals surface area contributed by atoms with Gasteiger partial charge in [-0.2, -0.15) is 10.4 Å². The third-order valence-corrected chi connectivity index (χ3v) is 3.67. The van der Waals surface area contributed by atoms with E-state index in [0.29, 0.717) is 5.76 Å². The Morgan fingerprint density at radius 1 is 1.19 bits per heavy atom. The van der Waals surface area contributed by atoms with Crippen LogP contribution in [0.2, 0.25) is 0 Å². The number of amides is 2. The first-order valence-electron chi connectivity index (χ1n) is 7.80. The maximum absolute atomic E-state index is 12.1. The highest BCUT2D eigenvalue weighted by atomic mass is 16.3. The SMILES string of the molecule is N#Cc1ccccc1NC(=O)C(=O)NC[C@@H](c1ccco1)n1cccn1. The van der Waals surface area contributed by atoms with E-state index in [0.717, 1.165) is 0 Å². The summed E-state index contributed by atoms with van der Waals surface area (Å²) in [5, 5.41) is 18.2. The van der Waals surface area contributed by atoms with E-state index in [1.165, 1.54) is 6.26 Å². The van der Waals surface area contributed by atoms with Crippen LogP contribution in [0, 0.1) is 11.3 Å². The van der Waals surface area contributed by atoms with Gasteiger partial charge in [-0.3, -0.25) is 14.3 Å². The monoisotopic (exact) mass is 349 g/mol. The van der Waals surface area contributed by atoms with Crippen LogP contribution >= 0.6 is 0 Å². The molecule has 2 aromatic heterocycles. The molecule has 8 nitrogen and oxygen atoms in total. The average Bonchev–Trinajstić information content (AvgIpc) is 3.36. The van der Waals surface area contributed by atoms with Crippen LogP contribution in [0.5, 0.6) is 0 Å². The van der Waals surface area contributed by atoms with Crippen molar-refractivity contribution in [3.63, 3.8) is 0 Å². The van der Waals surface area contributed by atoms with Crippen molar-refractivity contribution in [3.8, 4) is 6.07 Å². The molecule has 0 saturated heterocycles. The minimum atomic E-state index is -0.855. The van der Waals surface area contributed by atoms with Crippen molar-refractivity contribution in [1.29, 1.82) is 5.26 Å². The molecule has 0 radical (unpaired) electrons. The molecule has 2 N–H and O–H groups in total. The van der Waals surface area contributed by atoms with Gasteiger partial charge in [0, 0.05) is 18.9 Å². The van der Waals surface area contributed by atoms with E-state index in [2.05, 4.69) is 15.7 Å². The fourth-order valence-electron chi connectivity index (χ4n) is 2.41. The number of carbonyl (C=O) groups excluding carboxylic acids is 2. The number of rotatable bonds is 5. The maximum Gasteiger partial charge on any atom is 0.313 e. The van der Waals surface area contributed by atoms with Crippen LogP contribution in [0.15, 0.2) is 65.5 Å². The number of hydrogen-bond donors (Lipinski definition) is 2. The Bertz CT molecular complexity index is 892. The molecule has 0 unspecified atom stereocenters. The lowest BCUT2D eigenvalue weighted by atomic mass is 10.2. The molecule has 2 amide bonds. The number of nitriles is 1. The van der Waals surface area contributed by atoms with Crippen LogP contribution in [0.25, 0.3) is 0 Å². The van der Waals surface area contributed by atoms with Gasteiger partial charge in [-0.1, -0.05) is 12.1 Å². The number of anilines is 1. The van der Waals surface area contributed by atoms with Crippen LogP contribution in [0.1, 0.15) is 17.4 Å². The van der Waals surface area contributed by atoms with Crippen LogP contribution in [-0.2, 0) is 9.59 Å². The number of aromatic nitrogens is 2. The quantitative estimate of drug-likeness (QED) is 0.681. The normalized spacial score (nSPS) is 11.3. The molecule has 8 heteroatoms. The summed E-state index contributed by atoms with van der Waals surface area (Å²) in [6, 6.07) is 13.3.